The quantitative estimate of drug-likeness (QED) is 0.371. The van der Waals surface area contributed by atoms with E-state index < -0.39 is 16.0 Å². The van der Waals surface area contributed by atoms with Crippen molar-refractivity contribution in [2.24, 2.45) is 0 Å². The number of aliphatic carboxylic acids is 1. The molecule has 154 valence electrons. The summed E-state index contributed by atoms with van der Waals surface area (Å²) < 4.78 is 27.9. The van der Waals surface area contributed by atoms with E-state index >= 15 is 0 Å². The van der Waals surface area contributed by atoms with E-state index in [2.05, 4.69) is 0 Å². The van der Waals surface area contributed by atoms with E-state index in [4.69, 9.17) is 28.3 Å². The summed E-state index contributed by atoms with van der Waals surface area (Å²) in [6.07, 6.45) is 1.59. The van der Waals surface area contributed by atoms with Crippen molar-refractivity contribution in [1.29, 1.82) is 0 Å². The van der Waals surface area contributed by atoms with Gasteiger partial charge in [0.05, 0.1) is 10.5 Å². The summed E-state index contributed by atoms with van der Waals surface area (Å²) in [5, 5.41) is 9.97. The number of carboxylic acids is 1. The van der Waals surface area contributed by atoms with Crippen molar-refractivity contribution in [2.75, 3.05) is 0 Å². The van der Waals surface area contributed by atoms with Crippen molar-refractivity contribution in [3.05, 3.63) is 75.7 Å². The molecule has 0 saturated heterocycles. The molecule has 2 aromatic carbocycles. The minimum absolute atomic E-state index is 0.0197. The fraction of sp³-hybridized carbons (Fsp3) is 0.0952. The van der Waals surface area contributed by atoms with Gasteiger partial charge in [0.1, 0.15) is 8.55 Å². The molecule has 0 amide bonds. The highest BCUT2D eigenvalue weighted by Crippen LogP contribution is 2.37. The SMILES string of the molecule is O=C(O)CCc1cn(S(=O)(=O)c2cc(Cl)c(Cl)s2)c2ccc(-c3ccccc3)cc12. The monoisotopic (exact) mass is 479 g/mol. The van der Waals surface area contributed by atoms with Gasteiger partial charge in [-0.3, -0.25) is 4.79 Å². The summed E-state index contributed by atoms with van der Waals surface area (Å²) in [5.41, 5.74) is 3.01. The number of carboxylic acid groups (broad SMARTS) is 1. The van der Waals surface area contributed by atoms with Crippen LogP contribution in [0.4, 0.5) is 0 Å². The number of hydrogen-bond donors (Lipinski definition) is 1. The van der Waals surface area contributed by atoms with Gasteiger partial charge in [0.25, 0.3) is 10.0 Å². The molecule has 0 saturated carbocycles. The molecule has 9 heteroatoms. The fourth-order valence-electron chi connectivity index (χ4n) is 3.27. The minimum Gasteiger partial charge on any atom is -0.481 e. The Hall–Kier alpha value is -2.32. The molecule has 0 bridgehead atoms. The summed E-state index contributed by atoms with van der Waals surface area (Å²) in [4.78, 5) is 11.1. The molecule has 2 heterocycles. The number of halogens is 2. The third-order valence-corrected chi connectivity index (χ3v) is 8.69. The number of benzene rings is 2. The fourth-order valence-corrected chi connectivity index (χ4v) is 6.63. The van der Waals surface area contributed by atoms with Gasteiger partial charge in [-0.25, -0.2) is 3.97 Å². The maximum atomic E-state index is 13.3. The van der Waals surface area contributed by atoms with Crippen molar-refractivity contribution in [2.45, 2.75) is 17.1 Å². The van der Waals surface area contributed by atoms with Crippen LogP contribution in [0.25, 0.3) is 22.0 Å². The molecule has 0 aliphatic rings. The molecule has 4 aromatic rings. The Morgan fingerprint density at radius 2 is 1.77 bits per heavy atom. The zero-order valence-corrected chi connectivity index (χ0v) is 18.5. The van der Waals surface area contributed by atoms with E-state index in [1.165, 1.54) is 16.2 Å². The van der Waals surface area contributed by atoms with Crippen LogP contribution in [0.1, 0.15) is 12.0 Å². The van der Waals surface area contributed by atoms with Crippen molar-refractivity contribution in [3.8, 4) is 11.1 Å². The van der Waals surface area contributed by atoms with Gasteiger partial charge in [0.2, 0.25) is 0 Å². The van der Waals surface area contributed by atoms with Gasteiger partial charge < -0.3 is 5.11 Å². The smallest absolute Gasteiger partial charge is 0.303 e. The van der Waals surface area contributed by atoms with Crippen LogP contribution < -0.4 is 0 Å². The molecule has 30 heavy (non-hydrogen) atoms. The molecule has 0 spiro atoms. The summed E-state index contributed by atoms with van der Waals surface area (Å²) in [5.74, 6) is -0.949. The second-order valence-corrected chi connectivity index (χ2v) is 10.7. The first-order valence-corrected chi connectivity index (χ1v) is 11.9. The van der Waals surface area contributed by atoms with Crippen molar-refractivity contribution in [3.63, 3.8) is 0 Å². The zero-order chi connectivity index (χ0) is 21.5. The van der Waals surface area contributed by atoms with Gasteiger partial charge in [-0.2, -0.15) is 8.42 Å². The lowest BCUT2D eigenvalue weighted by Gasteiger charge is -2.06. The Bertz CT molecular complexity index is 1340. The highest BCUT2D eigenvalue weighted by atomic mass is 35.5. The Morgan fingerprint density at radius 3 is 2.40 bits per heavy atom. The van der Waals surface area contributed by atoms with Crippen molar-refractivity contribution < 1.29 is 18.3 Å². The highest BCUT2D eigenvalue weighted by molar-refractivity contribution is 7.92. The summed E-state index contributed by atoms with van der Waals surface area (Å²) >= 11 is 12.8. The van der Waals surface area contributed by atoms with Crippen LogP contribution in [0.15, 0.2) is 65.0 Å². The van der Waals surface area contributed by atoms with Crippen molar-refractivity contribution in [1.82, 2.24) is 3.97 Å². The lowest BCUT2D eigenvalue weighted by atomic mass is 10.0. The Balaban J connectivity index is 1.91. The largest absolute Gasteiger partial charge is 0.481 e. The van der Waals surface area contributed by atoms with E-state index in [-0.39, 0.29) is 26.4 Å². The third kappa shape index (κ3) is 3.86. The zero-order valence-electron chi connectivity index (χ0n) is 15.4. The summed E-state index contributed by atoms with van der Waals surface area (Å²) in [6, 6.07) is 16.5. The second-order valence-electron chi connectivity index (χ2n) is 6.63. The first-order valence-electron chi connectivity index (χ1n) is 8.89. The average Bonchev–Trinajstić information content (AvgIpc) is 3.27. The van der Waals surface area contributed by atoms with Crippen LogP contribution in [0.2, 0.25) is 9.36 Å². The number of nitrogens with zero attached hydrogens (tertiary/aromatic N) is 1. The Kier molecular flexibility index (Phi) is 5.63. The molecule has 4 rings (SSSR count). The second kappa shape index (κ2) is 8.07. The maximum Gasteiger partial charge on any atom is 0.303 e. The van der Waals surface area contributed by atoms with Gasteiger partial charge in [-0.15, -0.1) is 11.3 Å². The number of hydrogen-bond acceptors (Lipinski definition) is 4. The average molecular weight is 480 g/mol. The minimum atomic E-state index is -3.94. The van der Waals surface area contributed by atoms with Crippen LogP contribution in [0, 0.1) is 0 Å². The number of carbonyl (C=O) groups is 1. The van der Waals surface area contributed by atoms with E-state index in [0.29, 0.717) is 16.5 Å². The predicted octanol–water partition coefficient (Wildman–Crippen LogP) is 5.93. The van der Waals surface area contributed by atoms with E-state index in [0.717, 1.165) is 22.5 Å². The normalized spacial score (nSPS) is 11.8. The topological polar surface area (TPSA) is 76.4 Å². The van der Waals surface area contributed by atoms with Crippen LogP contribution in [0.5, 0.6) is 0 Å². The number of aryl methyl sites for hydroxylation is 1. The van der Waals surface area contributed by atoms with E-state index in [1.807, 2.05) is 42.5 Å². The molecular formula is C21H15Cl2NO4S2. The van der Waals surface area contributed by atoms with Crippen molar-refractivity contribution >= 4 is 61.4 Å². The number of fused-ring (bicyclic) bond motifs is 1. The predicted molar refractivity (Wildman–Crippen MR) is 120 cm³/mol. The molecule has 0 atom stereocenters. The number of thiophene rings is 1. The Labute approximate surface area is 187 Å². The molecule has 1 N–H and O–H groups in total. The summed E-state index contributed by atoms with van der Waals surface area (Å²) in [7, 11) is -3.94. The molecule has 0 fully saturated rings. The first-order chi connectivity index (χ1) is 14.3. The van der Waals surface area contributed by atoms with Crippen LogP contribution >= 0.6 is 34.5 Å². The number of rotatable bonds is 6. The highest BCUT2D eigenvalue weighted by Gasteiger charge is 2.25. The molecule has 0 unspecified atom stereocenters. The van der Waals surface area contributed by atoms with Gasteiger partial charge in [0, 0.05) is 18.0 Å². The van der Waals surface area contributed by atoms with Crippen LogP contribution in [-0.4, -0.2) is 23.5 Å². The Morgan fingerprint density at radius 1 is 1.03 bits per heavy atom. The van der Waals surface area contributed by atoms with Crippen LogP contribution in [0.3, 0.4) is 0 Å². The standard InChI is InChI=1S/C21H15Cl2NO4S2/c22-17-11-20(29-21(17)23)30(27,28)24-12-15(7-9-19(25)26)16-10-14(6-8-18(16)24)13-4-2-1-3-5-13/h1-6,8,10-12H,7,9H2,(H,25,26). The molecule has 2 aromatic heterocycles. The third-order valence-electron chi connectivity index (χ3n) is 4.70. The lowest BCUT2D eigenvalue weighted by Crippen LogP contribution is -2.10. The van der Waals surface area contributed by atoms with Gasteiger partial charge in [-0.1, -0.05) is 59.6 Å². The first kappa shape index (κ1) is 20.9. The molecule has 0 radical (unpaired) electrons. The van der Waals surface area contributed by atoms with Gasteiger partial charge in [0.15, 0.2) is 0 Å². The number of aromatic nitrogens is 1. The van der Waals surface area contributed by atoms with Crippen LogP contribution in [-0.2, 0) is 21.2 Å². The molecule has 5 nitrogen and oxygen atoms in total. The summed E-state index contributed by atoms with van der Waals surface area (Å²) in [6.45, 7) is 0. The van der Waals surface area contributed by atoms with Gasteiger partial charge in [-0.05, 0) is 41.3 Å². The molecular weight excluding hydrogens is 465 g/mol. The van der Waals surface area contributed by atoms with E-state index in [9.17, 15) is 13.2 Å². The lowest BCUT2D eigenvalue weighted by molar-refractivity contribution is -0.136. The maximum absolute atomic E-state index is 13.3. The molecule has 0 aliphatic carbocycles. The molecule has 0 aliphatic heterocycles. The van der Waals surface area contributed by atoms with E-state index in [1.54, 1.807) is 6.07 Å². The van der Waals surface area contributed by atoms with Gasteiger partial charge >= 0.3 is 5.97 Å².